The average Bonchev–Trinajstić information content (AvgIpc) is 3.30. The number of amides is 1. The normalized spacial score (nSPS) is 15.2. The largest absolute Gasteiger partial charge is 0.494 e. The molecule has 1 aromatic heterocycles. The summed E-state index contributed by atoms with van der Waals surface area (Å²) in [5, 5.41) is 1.80. The molecule has 1 atom stereocenters. The number of nitrogens with zero attached hydrogens (tertiary/aromatic N) is 2. The zero-order valence-electron chi connectivity index (χ0n) is 22.5. The van der Waals surface area contributed by atoms with Gasteiger partial charge in [-0.2, -0.15) is 0 Å². The van der Waals surface area contributed by atoms with Gasteiger partial charge in [-0.05, 0) is 61.2 Å². The molecule has 9 heteroatoms. The highest BCUT2D eigenvalue weighted by Crippen LogP contribution is 2.39. The van der Waals surface area contributed by atoms with Crippen LogP contribution in [0.2, 0.25) is 5.02 Å². The molecule has 1 aliphatic heterocycles. The minimum absolute atomic E-state index is 0.284. The lowest BCUT2D eigenvalue weighted by Gasteiger charge is -2.35. The summed E-state index contributed by atoms with van der Waals surface area (Å²) in [6.07, 6.45) is 1.32. The van der Waals surface area contributed by atoms with Gasteiger partial charge in [0.05, 0.1) is 26.4 Å². The molecule has 0 bridgehead atoms. The Morgan fingerprint density at radius 1 is 1.05 bits per heavy atom. The Morgan fingerprint density at radius 3 is 2.47 bits per heavy atom. The number of rotatable bonds is 13. The van der Waals surface area contributed by atoms with Gasteiger partial charge in [0.25, 0.3) is 0 Å². The first-order valence-electron chi connectivity index (χ1n) is 13.2. The minimum atomic E-state index is -0.313. The third-order valence-corrected chi connectivity index (χ3v) is 7.13. The van der Waals surface area contributed by atoms with E-state index in [-0.39, 0.29) is 12.1 Å². The van der Waals surface area contributed by atoms with E-state index >= 15 is 0 Å². The number of benzene rings is 2. The number of hydrogen-bond acceptors (Lipinski definition) is 6. The number of H-pyrrole nitrogens is 1. The van der Waals surface area contributed by atoms with Crippen molar-refractivity contribution < 1.29 is 23.7 Å². The SMILES string of the molecule is CCOC(=O)N1CCc2c([nH]c3ccc(Cl)cc23)C1c1ccc(OCCCN(CCOC)CCOC)cc1. The quantitative estimate of drug-likeness (QED) is 0.295. The Bertz CT molecular complexity index is 1170. The van der Waals surface area contributed by atoms with Crippen molar-refractivity contribution in [3.05, 3.63) is 64.3 Å². The Morgan fingerprint density at radius 2 is 1.79 bits per heavy atom. The molecule has 0 fully saturated rings. The monoisotopic (exact) mass is 543 g/mol. The number of aromatic amines is 1. The van der Waals surface area contributed by atoms with E-state index in [0.29, 0.717) is 38.0 Å². The number of aromatic nitrogens is 1. The van der Waals surface area contributed by atoms with Gasteiger partial charge in [0.15, 0.2) is 0 Å². The first kappa shape index (κ1) is 28.2. The summed E-state index contributed by atoms with van der Waals surface area (Å²) >= 11 is 6.30. The second-order valence-electron chi connectivity index (χ2n) is 9.35. The molecule has 2 aromatic carbocycles. The fourth-order valence-electron chi connectivity index (χ4n) is 5.01. The van der Waals surface area contributed by atoms with Crippen LogP contribution < -0.4 is 4.74 Å². The van der Waals surface area contributed by atoms with Crippen molar-refractivity contribution in [2.45, 2.75) is 25.8 Å². The van der Waals surface area contributed by atoms with Crippen LogP contribution in [-0.2, 0) is 20.6 Å². The Labute approximate surface area is 229 Å². The molecule has 0 radical (unpaired) electrons. The van der Waals surface area contributed by atoms with Crippen molar-refractivity contribution in [2.24, 2.45) is 0 Å². The number of ether oxygens (including phenoxy) is 4. The van der Waals surface area contributed by atoms with Crippen LogP contribution in [0.25, 0.3) is 10.9 Å². The van der Waals surface area contributed by atoms with Crippen molar-refractivity contribution in [1.29, 1.82) is 0 Å². The predicted molar refractivity (Wildman–Crippen MR) is 149 cm³/mol. The molecule has 1 N–H and O–H groups in total. The number of carbonyl (C=O) groups excluding carboxylic acids is 1. The summed E-state index contributed by atoms with van der Waals surface area (Å²) in [5.74, 6) is 0.802. The van der Waals surface area contributed by atoms with Crippen molar-refractivity contribution in [2.75, 3.05) is 66.8 Å². The molecule has 1 aliphatic rings. The van der Waals surface area contributed by atoms with Gasteiger partial charge in [0.1, 0.15) is 11.8 Å². The molecule has 2 heterocycles. The predicted octanol–water partition coefficient (Wildman–Crippen LogP) is 5.29. The Hall–Kier alpha value is -2.78. The molecule has 0 spiro atoms. The van der Waals surface area contributed by atoms with Gasteiger partial charge in [-0.25, -0.2) is 4.79 Å². The summed E-state index contributed by atoms with van der Waals surface area (Å²) in [6.45, 7) is 7.38. The molecule has 0 saturated carbocycles. The van der Waals surface area contributed by atoms with Crippen LogP contribution >= 0.6 is 11.6 Å². The van der Waals surface area contributed by atoms with E-state index < -0.39 is 0 Å². The number of fused-ring (bicyclic) bond motifs is 3. The van der Waals surface area contributed by atoms with Crippen molar-refractivity contribution in [3.8, 4) is 5.75 Å². The van der Waals surface area contributed by atoms with E-state index in [2.05, 4.69) is 9.88 Å². The highest BCUT2D eigenvalue weighted by molar-refractivity contribution is 6.31. The molecule has 0 aliphatic carbocycles. The summed E-state index contributed by atoms with van der Waals surface area (Å²) < 4.78 is 21.9. The Balaban J connectivity index is 1.47. The average molecular weight is 544 g/mol. The number of carbonyl (C=O) groups is 1. The lowest BCUT2D eigenvalue weighted by atomic mass is 9.92. The minimum Gasteiger partial charge on any atom is -0.494 e. The molecule has 0 saturated heterocycles. The highest BCUT2D eigenvalue weighted by atomic mass is 35.5. The maximum Gasteiger partial charge on any atom is 0.410 e. The molecule has 38 heavy (non-hydrogen) atoms. The van der Waals surface area contributed by atoms with Crippen LogP contribution in [0, 0.1) is 0 Å². The number of hydrogen-bond donors (Lipinski definition) is 1. The molecule has 206 valence electrons. The lowest BCUT2D eigenvalue weighted by molar-refractivity contribution is 0.0932. The number of methoxy groups -OCH3 is 2. The summed E-state index contributed by atoms with van der Waals surface area (Å²) in [5.41, 5.74) is 4.21. The van der Waals surface area contributed by atoms with Crippen LogP contribution in [-0.4, -0.2) is 87.7 Å². The number of nitrogens with one attached hydrogen (secondary N) is 1. The van der Waals surface area contributed by atoms with E-state index in [1.54, 1.807) is 19.1 Å². The van der Waals surface area contributed by atoms with E-state index in [1.165, 1.54) is 5.56 Å². The standard InChI is InChI=1S/C29H38ClN3O5/c1-4-37-29(34)33-14-12-24-25-20-22(30)8-11-26(25)31-27(24)28(33)21-6-9-23(10-7-21)38-17-5-13-32(15-18-35-2)16-19-36-3/h6-11,20,28,31H,4-5,12-19H2,1-3H3. The molecule has 1 unspecified atom stereocenters. The summed E-state index contributed by atoms with van der Waals surface area (Å²) in [7, 11) is 3.43. The van der Waals surface area contributed by atoms with E-state index in [9.17, 15) is 4.79 Å². The smallest absolute Gasteiger partial charge is 0.410 e. The van der Waals surface area contributed by atoms with Gasteiger partial charge in [0, 0.05) is 62.0 Å². The molecule has 4 rings (SSSR count). The summed E-state index contributed by atoms with van der Waals surface area (Å²) in [6, 6.07) is 13.6. The van der Waals surface area contributed by atoms with E-state index in [1.807, 2.05) is 49.4 Å². The zero-order chi connectivity index (χ0) is 26.9. The molecule has 1 amide bonds. The number of halogens is 1. The zero-order valence-corrected chi connectivity index (χ0v) is 23.3. The van der Waals surface area contributed by atoms with Crippen LogP contribution in [0.3, 0.4) is 0 Å². The maximum absolute atomic E-state index is 12.9. The molecular formula is C29H38ClN3O5. The first-order chi connectivity index (χ1) is 18.5. The maximum atomic E-state index is 12.9. The molecular weight excluding hydrogens is 506 g/mol. The third kappa shape index (κ3) is 6.80. The topological polar surface area (TPSA) is 76.3 Å². The second kappa shape index (κ2) is 13.8. The van der Waals surface area contributed by atoms with E-state index in [0.717, 1.165) is 60.4 Å². The fourth-order valence-corrected chi connectivity index (χ4v) is 5.18. The van der Waals surface area contributed by atoms with Crippen LogP contribution in [0.4, 0.5) is 4.79 Å². The van der Waals surface area contributed by atoms with Gasteiger partial charge in [-0.3, -0.25) is 9.80 Å². The van der Waals surface area contributed by atoms with Crippen LogP contribution in [0.15, 0.2) is 42.5 Å². The van der Waals surface area contributed by atoms with Crippen molar-refractivity contribution in [3.63, 3.8) is 0 Å². The van der Waals surface area contributed by atoms with Gasteiger partial charge in [0.2, 0.25) is 0 Å². The van der Waals surface area contributed by atoms with Gasteiger partial charge < -0.3 is 23.9 Å². The summed E-state index contributed by atoms with van der Waals surface area (Å²) in [4.78, 5) is 20.6. The second-order valence-corrected chi connectivity index (χ2v) is 9.79. The van der Waals surface area contributed by atoms with E-state index in [4.69, 9.17) is 30.5 Å². The first-order valence-corrected chi connectivity index (χ1v) is 13.6. The lowest BCUT2D eigenvalue weighted by Crippen LogP contribution is -2.40. The van der Waals surface area contributed by atoms with Gasteiger partial charge in [-0.15, -0.1) is 0 Å². The molecule has 8 nitrogen and oxygen atoms in total. The highest BCUT2D eigenvalue weighted by Gasteiger charge is 2.35. The molecule has 3 aromatic rings. The van der Waals surface area contributed by atoms with Crippen molar-refractivity contribution in [1.82, 2.24) is 14.8 Å². The van der Waals surface area contributed by atoms with Crippen molar-refractivity contribution >= 4 is 28.6 Å². The van der Waals surface area contributed by atoms with Crippen LogP contribution in [0.5, 0.6) is 5.75 Å². The van der Waals surface area contributed by atoms with Crippen LogP contribution in [0.1, 0.15) is 36.2 Å². The fraction of sp³-hybridized carbons (Fsp3) is 0.483. The van der Waals surface area contributed by atoms with Gasteiger partial charge in [-0.1, -0.05) is 23.7 Å². The van der Waals surface area contributed by atoms with Gasteiger partial charge >= 0.3 is 6.09 Å². The Kier molecular flexibility index (Phi) is 10.3. The third-order valence-electron chi connectivity index (χ3n) is 6.90.